The lowest BCUT2D eigenvalue weighted by Crippen LogP contribution is -2.38. The van der Waals surface area contributed by atoms with Gasteiger partial charge in [-0.1, -0.05) is 0 Å². The van der Waals surface area contributed by atoms with Crippen molar-refractivity contribution in [3.05, 3.63) is 23.3 Å². The van der Waals surface area contributed by atoms with Crippen LogP contribution in [0, 0.1) is 13.8 Å². The molecule has 0 saturated heterocycles. The molecule has 1 atom stereocenters. The second-order valence-electron chi connectivity index (χ2n) is 4.27. The highest BCUT2D eigenvalue weighted by atomic mass is 32.2. The highest BCUT2D eigenvalue weighted by Gasteiger charge is 2.22. The molecule has 0 fully saturated rings. The summed E-state index contributed by atoms with van der Waals surface area (Å²) in [7, 11) is -2.35. The average Bonchev–Trinajstić information content (AvgIpc) is 2.27. The predicted molar refractivity (Wildman–Crippen MR) is 69.9 cm³/mol. The van der Waals surface area contributed by atoms with Gasteiger partial charge in [-0.3, -0.25) is 4.79 Å². The van der Waals surface area contributed by atoms with E-state index in [-0.39, 0.29) is 4.90 Å². The standard InChI is InChI=1S/C12H17NO5S/c1-7-5-10(6-8(2)11(7)18-4)19(16,17)13-9(3)12(14)15/h5-6,9,13H,1-4H3,(H,14,15)/t9-/m1/s1. The van der Waals surface area contributed by atoms with Crippen LogP contribution in [0.2, 0.25) is 0 Å². The van der Waals surface area contributed by atoms with E-state index in [1.165, 1.54) is 26.2 Å². The minimum Gasteiger partial charge on any atom is -0.496 e. The first-order chi connectivity index (χ1) is 8.69. The number of methoxy groups -OCH3 is 1. The number of carbonyl (C=O) groups is 1. The van der Waals surface area contributed by atoms with Crippen molar-refractivity contribution in [3.8, 4) is 5.75 Å². The average molecular weight is 287 g/mol. The SMILES string of the molecule is COc1c(C)cc(S(=O)(=O)N[C@H](C)C(=O)O)cc1C. The first-order valence-corrected chi connectivity index (χ1v) is 7.07. The van der Waals surface area contributed by atoms with E-state index in [0.717, 1.165) is 0 Å². The van der Waals surface area contributed by atoms with Crippen LogP contribution in [0.1, 0.15) is 18.1 Å². The van der Waals surface area contributed by atoms with E-state index in [2.05, 4.69) is 4.72 Å². The fraction of sp³-hybridized carbons (Fsp3) is 0.417. The molecule has 19 heavy (non-hydrogen) atoms. The topological polar surface area (TPSA) is 92.7 Å². The van der Waals surface area contributed by atoms with Crippen molar-refractivity contribution >= 4 is 16.0 Å². The number of rotatable bonds is 5. The van der Waals surface area contributed by atoms with Crippen LogP contribution in [0.4, 0.5) is 0 Å². The first kappa shape index (κ1) is 15.5. The van der Waals surface area contributed by atoms with Gasteiger partial charge in [0.1, 0.15) is 11.8 Å². The van der Waals surface area contributed by atoms with E-state index in [1.807, 2.05) is 0 Å². The fourth-order valence-electron chi connectivity index (χ4n) is 1.74. The summed E-state index contributed by atoms with van der Waals surface area (Å²) >= 11 is 0. The molecular formula is C12H17NO5S. The monoisotopic (exact) mass is 287 g/mol. The number of sulfonamides is 1. The van der Waals surface area contributed by atoms with Gasteiger partial charge < -0.3 is 9.84 Å². The van der Waals surface area contributed by atoms with Crippen LogP contribution < -0.4 is 9.46 Å². The van der Waals surface area contributed by atoms with Crippen LogP contribution in [0.5, 0.6) is 5.75 Å². The molecule has 7 heteroatoms. The smallest absolute Gasteiger partial charge is 0.321 e. The highest BCUT2D eigenvalue weighted by Crippen LogP contribution is 2.26. The molecule has 0 bridgehead atoms. The number of carboxylic acids is 1. The lowest BCUT2D eigenvalue weighted by atomic mass is 10.1. The molecule has 6 nitrogen and oxygen atoms in total. The molecule has 0 heterocycles. The molecule has 0 aliphatic rings. The Morgan fingerprint density at radius 1 is 1.32 bits per heavy atom. The zero-order valence-corrected chi connectivity index (χ0v) is 12.0. The molecule has 0 unspecified atom stereocenters. The van der Waals surface area contributed by atoms with E-state index in [4.69, 9.17) is 9.84 Å². The van der Waals surface area contributed by atoms with Gasteiger partial charge in [-0.25, -0.2) is 8.42 Å². The lowest BCUT2D eigenvalue weighted by Gasteiger charge is -2.14. The van der Waals surface area contributed by atoms with Crippen LogP contribution in [0.15, 0.2) is 17.0 Å². The molecule has 0 amide bonds. The molecule has 1 rings (SSSR count). The van der Waals surface area contributed by atoms with Crippen molar-refractivity contribution in [2.75, 3.05) is 7.11 Å². The van der Waals surface area contributed by atoms with Crippen LogP contribution in [0.3, 0.4) is 0 Å². The number of hydrogen-bond acceptors (Lipinski definition) is 4. The Kier molecular flexibility index (Phi) is 4.54. The van der Waals surface area contributed by atoms with Crippen molar-refractivity contribution in [1.82, 2.24) is 4.72 Å². The third-order valence-corrected chi connectivity index (χ3v) is 4.17. The number of benzene rings is 1. The van der Waals surface area contributed by atoms with Crippen LogP contribution >= 0.6 is 0 Å². The van der Waals surface area contributed by atoms with Crippen LogP contribution in [-0.4, -0.2) is 32.6 Å². The number of aryl methyl sites for hydroxylation is 2. The maximum absolute atomic E-state index is 12.0. The Morgan fingerprint density at radius 2 is 1.79 bits per heavy atom. The Bertz CT molecular complexity index is 571. The van der Waals surface area contributed by atoms with Gasteiger partial charge in [-0.05, 0) is 44.0 Å². The summed E-state index contributed by atoms with van der Waals surface area (Å²) in [5.74, 6) is -0.615. The van der Waals surface area contributed by atoms with Gasteiger partial charge in [0, 0.05) is 0 Å². The molecular weight excluding hydrogens is 270 g/mol. The summed E-state index contributed by atoms with van der Waals surface area (Å²) in [5, 5.41) is 8.74. The van der Waals surface area contributed by atoms with Crippen molar-refractivity contribution in [2.24, 2.45) is 0 Å². The number of nitrogens with one attached hydrogen (secondary N) is 1. The summed E-state index contributed by atoms with van der Waals surface area (Å²) in [6, 6.07) is 1.71. The van der Waals surface area contributed by atoms with E-state index in [1.54, 1.807) is 13.8 Å². The Labute approximate surface area is 112 Å². The second-order valence-corrected chi connectivity index (χ2v) is 5.99. The summed E-state index contributed by atoms with van der Waals surface area (Å²) in [6.07, 6.45) is 0. The normalized spacial score (nSPS) is 13.1. The molecule has 1 aromatic carbocycles. The van der Waals surface area contributed by atoms with Gasteiger partial charge >= 0.3 is 5.97 Å². The van der Waals surface area contributed by atoms with Crippen LogP contribution in [-0.2, 0) is 14.8 Å². The molecule has 0 aliphatic carbocycles. The molecule has 106 valence electrons. The molecule has 0 saturated carbocycles. The van der Waals surface area contributed by atoms with Gasteiger partial charge in [0.25, 0.3) is 0 Å². The van der Waals surface area contributed by atoms with Gasteiger partial charge in [-0.15, -0.1) is 0 Å². The second kappa shape index (κ2) is 5.58. The first-order valence-electron chi connectivity index (χ1n) is 5.59. The highest BCUT2D eigenvalue weighted by molar-refractivity contribution is 7.89. The number of hydrogen-bond donors (Lipinski definition) is 2. The molecule has 2 N–H and O–H groups in total. The Hall–Kier alpha value is -1.60. The van der Waals surface area contributed by atoms with E-state index < -0.39 is 22.0 Å². The molecule has 1 aromatic rings. The van der Waals surface area contributed by atoms with E-state index in [9.17, 15) is 13.2 Å². The van der Waals surface area contributed by atoms with E-state index in [0.29, 0.717) is 16.9 Å². The van der Waals surface area contributed by atoms with Crippen LogP contribution in [0.25, 0.3) is 0 Å². The summed E-state index contributed by atoms with van der Waals surface area (Å²) in [6.45, 7) is 4.72. The van der Waals surface area contributed by atoms with Gasteiger partial charge in [0.05, 0.1) is 12.0 Å². The predicted octanol–water partition coefficient (Wildman–Crippen LogP) is 1.06. The minimum absolute atomic E-state index is 0.0244. The zero-order valence-electron chi connectivity index (χ0n) is 11.2. The minimum atomic E-state index is -3.86. The largest absolute Gasteiger partial charge is 0.496 e. The van der Waals surface area contributed by atoms with Gasteiger partial charge in [0.15, 0.2) is 0 Å². The lowest BCUT2D eigenvalue weighted by molar-refractivity contribution is -0.138. The van der Waals surface area contributed by atoms with Crippen molar-refractivity contribution in [3.63, 3.8) is 0 Å². The quantitative estimate of drug-likeness (QED) is 0.845. The summed E-state index contributed by atoms with van der Waals surface area (Å²) in [4.78, 5) is 10.7. The molecule has 0 aromatic heterocycles. The maximum atomic E-state index is 12.0. The fourth-order valence-corrected chi connectivity index (χ4v) is 3.11. The maximum Gasteiger partial charge on any atom is 0.321 e. The van der Waals surface area contributed by atoms with Gasteiger partial charge in [0.2, 0.25) is 10.0 Å². The Morgan fingerprint density at radius 3 is 2.16 bits per heavy atom. The summed E-state index contributed by atoms with van der Waals surface area (Å²) in [5.41, 5.74) is 1.34. The third kappa shape index (κ3) is 3.45. The molecule has 0 radical (unpaired) electrons. The Balaban J connectivity index is 3.20. The van der Waals surface area contributed by atoms with Crippen molar-refractivity contribution in [2.45, 2.75) is 31.7 Å². The zero-order chi connectivity index (χ0) is 14.8. The number of ether oxygens (including phenoxy) is 1. The van der Waals surface area contributed by atoms with Crippen molar-refractivity contribution < 1.29 is 23.1 Å². The van der Waals surface area contributed by atoms with Crippen molar-refractivity contribution in [1.29, 1.82) is 0 Å². The summed E-state index contributed by atoms with van der Waals surface area (Å²) < 4.78 is 31.3. The number of aliphatic carboxylic acids is 1. The van der Waals surface area contributed by atoms with E-state index >= 15 is 0 Å². The third-order valence-electron chi connectivity index (χ3n) is 2.65. The number of carboxylic acid groups (broad SMARTS) is 1. The molecule has 0 spiro atoms. The van der Waals surface area contributed by atoms with Gasteiger partial charge in [-0.2, -0.15) is 4.72 Å². The molecule has 0 aliphatic heterocycles.